The number of carbonyl (C=O) groups is 1. The molecule has 3 nitrogen and oxygen atoms in total. The first-order chi connectivity index (χ1) is 6.15. The van der Waals surface area contributed by atoms with Gasteiger partial charge in [0.2, 0.25) is 0 Å². The fraction of sp³-hybridized carbons (Fsp3) is 0.222. The standard InChI is InChI=1S/C9H10BrNO2/c1-11-5-9(13)7-3-2-6(12)4-8(7)10/h2-4,11-12H,5H2,1H3. The highest BCUT2D eigenvalue weighted by atomic mass is 79.9. The number of aromatic hydroxyl groups is 1. The molecule has 0 spiro atoms. The van der Waals surface area contributed by atoms with Crippen LogP contribution in [-0.2, 0) is 0 Å². The minimum Gasteiger partial charge on any atom is -0.508 e. The molecule has 0 unspecified atom stereocenters. The van der Waals surface area contributed by atoms with Gasteiger partial charge in [0.25, 0.3) is 0 Å². The van der Waals surface area contributed by atoms with E-state index in [2.05, 4.69) is 21.2 Å². The Kier molecular flexibility index (Phi) is 3.45. The summed E-state index contributed by atoms with van der Waals surface area (Å²) < 4.78 is 0.618. The van der Waals surface area contributed by atoms with E-state index in [1.807, 2.05) is 0 Å². The van der Waals surface area contributed by atoms with E-state index in [0.717, 1.165) is 0 Å². The Morgan fingerprint density at radius 2 is 2.31 bits per heavy atom. The monoisotopic (exact) mass is 243 g/mol. The number of likely N-dealkylation sites (N-methyl/N-ethyl adjacent to an activating group) is 1. The molecule has 1 aromatic carbocycles. The highest BCUT2D eigenvalue weighted by Crippen LogP contribution is 2.22. The third kappa shape index (κ3) is 2.54. The van der Waals surface area contributed by atoms with Crippen LogP contribution in [0.2, 0.25) is 0 Å². The number of nitrogens with one attached hydrogen (secondary N) is 1. The molecule has 0 heterocycles. The topological polar surface area (TPSA) is 49.3 Å². The maximum atomic E-state index is 11.4. The summed E-state index contributed by atoms with van der Waals surface area (Å²) in [5, 5.41) is 11.9. The van der Waals surface area contributed by atoms with Crippen LogP contribution in [0.15, 0.2) is 22.7 Å². The fourth-order valence-electron chi connectivity index (χ4n) is 0.986. The van der Waals surface area contributed by atoms with Gasteiger partial charge in [-0.1, -0.05) is 0 Å². The van der Waals surface area contributed by atoms with Crippen LogP contribution >= 0.6 is 15.9 Å². The zero-order chi connectivity index (χ0) is 9.84. The van der Waals surface area contributed by atoms with Gasteiger partial charge in [0, 0.05) is 10.0 Å². The zero-order valence-corrected chi connectivity index (χ0v) is 8.76. The van der Waals surface area contributed by atoms with Crippen LogP contribution in [0.5, 0.6) is 5.75 Å². The smallest absolute Gasteiger partial charge is 0.177 e. The van der Waals surface area contributed by atoms with Gasteiger partial charge in [-0.25, -0.2) is 0 Å². The van der Waals surface area contributed by atoms with Crippen molar-refractivity contribution in [3.63, 3.8) is 0 Å². The molecule has 2 N–H and O–H groups in total. The molecular formula is C9H10BrNO2. The van der Waals surface area contributed by atoms with Gasteiger partial charge >= 0.3 is 0 Å². The first kappa shape index (κ1) is 10.2. The molecule has 0 radical (unpaired) electrons. The summed E-state index contributed by atoms with van der Waals surface area (Å²) in [6, 6.07) is 4.59. The van der Waals surface area contributed by atoms with Crippen molar-refractivity contribution < 1.29 is 9.90 Å². The lowest BCUT2D eigenvalue weighted by molar-refractivity contribution is 0.0993. The quantitative estimate of drug-likeness (QED) is 0.793. The molecular weight excluding hydrogens is 234 g/mol. The maximum Gasteiger partial charge on any atom is 0.177 e. The number of benzene rings is 1. The molecule has 0 aliphatic carbocycles. The predicted molar refractivity (Wildman–Crippen MR) is 54.1 cm³/mol. The van der Waals surface area contributed by atoms with E-state index in [9.17, 15) is 4.79 Å². The van der Waals surface area contributed by atoms with Gasteiger partial charge in [0.1, 0.15) is 5.75 Å². The molecule has 1 rings (SSSR count). The minimum atomic E-state index is -0.00521. The number of phenols is 1. The van der Waals surface area contributed by atoms with Crippen molar-refractivity contribution >= 4 is 21.7 Å². The third-order valence-corrected chi connectivity index (χ3v) is 2.25. The molecule has 0 saturated carbocycles. The van der Waals surface area contributed by atoms with Crippen molar-refractivity contribution in [2.45, 2.75) is 0 Å². The van der Waals surface area contributed by atoms with E-state index in [-0.39, 0.29) is 11.5 Å². The summed E-state index contributed by atoms with van der Waals surface area (Å²) in [7, 11) is 1.71. The van der Waals surface area contributed by atoms with E-state index in [1.165, 1.54) is 12.1 Å². The third-order valence-electron chi connectivity index (χ3n) is 1.59. The van der Waals surface area contributed by atoms with E-state index in [4.69, 9.17) is 5.11 Å². The van der Waals surface area contributed by atoms with Crippen molar-refractivity contribution in [2.24, 2.45) is 0 Å². The van der Waals surface area contributed by atoms with Gasteiger partial charge in [0.05, 0.1) is 6.54 Å². The lowest BCUT2D eigenvalue weighted by atomic mass is 10.1. The molecule has 0 aliphatic heterocycles. The zero-order valence-electron chi connectivity index (χ0n) is 7.17. The first-order valence-corrected chi connectivity index (χ1v) is 4.60. The van der Waals surface area contributed by atoms with Gasteiger partial charge in [-0.2, -0.15) is 0 Å². The number of hydrogen-bond donors (Lipinski definition) is 2. The molecule has 13 heavy (non-hydrogen) atoms. The summed E-state index contributed by atoms with van der Waals surface area (Å²) in [5.74, 6) is 0.141. The summed E-state index contributed by atoms with van der Waals surface area (Å²) in [6.07, 6.45) is 0. The molecule has 0 atom stereocenters. The van der Waals surface area contributed by atoms with E-state index >= 15 is 0 Å². The molecule has 1 aromatic rings. The molecule has 0 aromatic heterocycles. The minimum absolute atomic E-state index is 0.00521. The van der Waals surface area contributed by atoms with Crippen LogP contribution in [0.25, 0.3) is 0 Å². The highest BCUT2D eigenvalue weighted by Gasteiger charge is 2.08. The number of rotatable bonds is 3. The van der Waals surface area contributed by atoms with Gasteiger partial charge in [0.15, 0.2) is 5.78 Å². The summed E-state index contributed by atoms with van der Waals surface area (Å²) in [6.45, 7) is 0.295. The molecule has 4 heteroatoms. The summed E-state index contributed by atoms with van der Waals surface area (Å²) in [5.41, 5.74) is 0.576. The first-order valence-electron chi connectivity index (χ1n) is 3.81. The molecule has 0 aliphatic rings. The second kappa shape index (κ2) is 4.39. The van der Waals surface area contributed by atoms with Crippen molar-refractivity contribution in [2.75, 3.05) is 13.6 Å². The number of carbonyl (C=O) groups excluding carboxylic acids is 1. The van der Waals surface area contributed by atoms with Crippen LogP contribution in [0.1, 0.15) is 10.4 Å². The fourth-order valence-corrected chi connectivity index (χ4v) is 1.57. The second-order valence-corrected chi connectivity index (χ2v) is 3.47. The number of phenolic OH excluding ortho intramolecular Hbond substituents is 1. The Morgan fingerprint density at radius 3 is 2.85 bits per heavy atom. The lowest BCUT2D eigenvalue weighted by Gasteiger charge is -2.03. The normalized spacial score (nSPS) is 10.0. The summed E-state index contributed by atoms with van der Waals surface area (Å²) >= 11 is 3.21. The van der Waals surface area contributed by atoms with Gasteiger partial charge < -0.3 is 10.4 Å². The van der Waals surface area contributed by atoms with Crippen molar-refractivity contribution in [1.82, 2.24) is 5.32 Å². The van der Waals surface area contributed by atoms with Crippen LogP contribution in [-0.4, -0.2) is 24.5 Å². The van der Waals surface area contributed by atoms with Gasteiger partial charge in [-0.15, -0.1) is 0 Å². The van der Waals surface area contributed by atoms with Gasteiger partial charge in [-0.05, 0) is 41.2 Å². The lowest BCUT2D eigenvalue weighted by Crippen LogP contribution is -2.18. The Balaban J connectivity index is 2.95. The SMILES string of the molecule is CNCC(=O)c1ccc(O)cc1Br. The van der Waals surface area contributed by atoms with E-state index in [0.29, 0.717) is 16.6 Å². The average molecular weight is 244 g/mol. The van der Waals surface area contributed by atoms with E-state index in [1.54, 1.807) is 13.1 Å². The number of hydrogen-bond acceptors (Lipinski definition) is 3. The Labute approximate surface area is 84.9 Å². The second-order valence-electron chi connectivity index (χ2n) is 2.62. The van der Waals surface area contributed by atoms with Crippen LogP contribution in [0.4, 0.5) is 0 Å². The van der Waals surface area contributed by atoms with Crippen LogP contribution in [0.3, 0.4) is 0 Å². The molecule has 0 amide bonds. The molecule has 70 valence electrons. The van der Waals surface area contributed by atoms with Crippen molar-refractivity contribution in [3.05, 3.63) is 28.2 Å². The van der Waals surface area contributed by atoms with Gasteiger partial charge in [-0.3, -0.25) is 4.79 Å². The van der Waals surface area contributed by atoms with E-state index < -0.39 is 0 Å². The number of ketones is 1. The Morgan fingerprint density at radius 1 is 1.62 bits per heavy atom. The highest BCUT2D eigenvalue weighted by molar-refractivity contribution is 9.10. The Bertz CT molecular complexity index is 325. The number of Topliss-reactive ketones (excluding diaryl/α,β-unsaturated/α-hetero) is 1. The van der Waals surface area contributed by atoms with Crippen molar-refractivity contribution in [1.29, 1.82) is 0 Å². The largest absolute Gasteiger partial charge is 0.508 e. The predicted octanol–water partition coefficient (Wildman–Crippen LogP) is 1.56. The van der Waals surface area contributed by atoms with Crippen LogP contribution < -0.4 is 5.32 Å². The molecule has 0 fully saturated rings. The summed E-state index contributed by atoms with van der Waals surface area (Å²) in [4.78, 5) is 11.4. The van der Waals surface area contributed by atoms with Crippen LogP contribution in [0, 0.1) is 0 Å². The molecule has 0 bridgehead atoms. The number of halogens is 1. The average Bonchev–Trinajstić information content (AvgIpc) is 2.04. The molecule has 0 saturated heterocycles. The maximum absolute atomic E-state index is 11.4. The Hall–Kier alpha value is -0.870. The van der Waals surface area contributed by atoms with Crippen molar-refractivity contribution in [3.8, 4) is 5.75 Å².